The standard InChI is InChI=1S/C11H11N3/c1-8-9-4-2-3-5-10(9)13-11-12-6-7-14(8)11/h2-5H,1,6-7H2,(H,12,13). The minimum atomic E-state index is 0.856. The van der Waals surface area contributed by atoms with Crippen molar-refractivity contribution in [2.45, 2.75) is 0 Å². The summed E-state index contributed by atoms with van der Waals surface area (Å²) in [5.41, 5.74) is 3.33. The molecule has 0 bridgehead atoms. The second kappa shape index (κ2) is 2.61. The number of para-hydroxylation sites is 1. The van der Waals surface area contributed by atoms with Gasteiger partial charge in [-0.15, -0.1) is 0 Å². The van der Waals surface area contributed by atoms with Crippen molar-refractivity contribution in [2.75, 3.05) is 18.4 Å². The smallest absolute Gasteiger partial charge is 0.203 e. The molecule has 0 fully saturated rings. The maximum Gasteiger partial charge on any atom is 0.203 e. The molecule has 0 spiro atoms. The van der Waals surface area contributed by atoms with Crippen molar-refractivity contribution in [3.05, 3.63) is 36.4 Å². The van der Waals surface area contributed by atoms with Gasteiger partial charge in [-0.25, -0.2) is 0 Å². The molecule has 2 aliphatic heterocycles. The molecule has 0 aliphatic carbocycles. The van der Waals surface area contributed by atoms with E-state index >= 15 is 0 Å². The molecule has 0 unspecified atom stereocenters. The van der Waals surface area contributed by atoms with Gasteiger partial charge in [-0.3, -0.25) is 4.99 Å². The van der Waals surface area contributed by atoms with Gasteiger partial charge in [0.2, 0.25) is 5.96 Å². The molecule has 0 saturated heterocycles. The van der Waals surface area contributed by atoms with Gasteiger partial charge < -0.3 is 10.2 Å². The van der Waals surface area contributed by atoms with Gasteiger partial charge in [0.05, 0.1) is 12.2 Å². The Morgan fingerprint density at radius 2 is 2.21 bits per heavy atom. The van der Waals surface area contributed by atoms with E-state index in [0.29, 0.717) is 0 Å². The van der Waals surface area contributed by atoms with Gasteiger partial charge in [0.25, 0.3) is 0 Å². The van der Waals surface area contributed by atoms with E-state index in [1.54, 1.807) is 0 Å². The highest BCUT2D eigenvalue weighted by atomic mass is 15.4. The van der Waals surface area contributed by atoms with Crippen LogP contribution in [0.4, 0.5) is 5.69 Å². The lowest BCUT2D eigenvalue weighted by molar-refractivity contribution is 0.632. The molecule has 3 heteroatoms. The zero-order valence-corrected chi connectivity index (χ0v) is 7.83. The van der Waals surface area contributed by atoms with Gasteiger partial charge in [-0.05, 0) is 6.07 Å². The lowest BCUT2D eigenvalue weighted by atomic mass is 10.1. The monoisotopic (exact) mass is 185 g/mol. The molecule has 0 radical (unpaired) electrons. The molecule has 0 saturated carbocycles. The molecular formula is C11H11N3. The van der Waals surface area contributed by atoms with Gasteiger partial charge >= 0.3 is 0 Å². The Bertz CT molecular complexity index is 434. The Morgan fingerprint density at radius 3 is 3.14 bits per heavy atom. The molecule has 0 atom stereocenters. The highest BCUT2D eigenvalue weighted by Gasteiger charge is 2.26. The highest BCUT2D eigenvalue weighted by molar-refractivity contribution is 6.06. The first-order valence-electron chi connectivity index (χ1n) is 4.73. The first kappa shape index (κ1) is 7.62. The van der Waals surface area contributed by atoms with Crippen LogP contribution in [0.25, 0.3) is 5.70 Å². The van der Waals surface area contributed by atoms with Crippen molar-refractivity contribution in [2.24, 2.45) is 4.99 Å². The molecule has 0 amide bonds. The molecule has 2 aliphatic rings. The SMILES string of the molecule is C=C1c2ccccc2NC2=NCCN12. The van der Waals surface area contributed by atoms with Crippen molar-refractivity contribution in [1.82, 2.24) is 4.90 Å². The summed E-state index contributed by atoms with van der Waals surface area (Å²) in [5.74, 6) is 0.939. The van der Waals surface area contributed by atoms with E-state index < -0.39 is 0 Å². The fourth-order valence-corrected chi connectivity index (χ4v) is 1.93. The third-order valence-electron chi connectivity index (χ3n) is 2.65. The molecule has 2 heterocycles. The molecule has 3 rings (SSSR count). The van der Waals surface area contributed by atoms with Crippen molar-refractivity contribution < 1.29 is 0 Å². The van der Waals surface area contributed by atoms with Crippen LogP contribution in [0.5, 0.6) is 0 Å². The second-order valence-electron chi connectivity index (χ2n) is 3.47. The van der Waals surface area contributed by atoms with Crippen molar-refractivity contribution >= 4 is 17.3 Å². The Morgan fingerprint density at radius 1 is 1.36 bits per heavy atom. The summed E-state index contributed by atoms with van der Waals surface area (Å²) >= 11 is 0. The average molecular weight is 185 g/mol. The zero-order chi connectivity index (χ0) is 9.54. The Kier molecular flexibility index (Phi) is 1.42. The zero-order valence-electron chi connectivity index (χ0n) is 7.83. The summed E-state index contributed by atoms with van der Waals surface area (Å²) in [6, 6.07) is 8.19. The number of hydrogen-bond acceptors (Lipinski definition) is 3. The Hall–Kier alpha value is -1.77. The quantitative estimate of drug-likeness (QED) is 0.667. The predicted octanol–water partition coefficient (Wildman–Crippen LogP) is 1.75. The van der Waals surface area contributed by atoms with Gasteiger partial charge in [0.1, 0.15) is 0 Å². The van der Waals surface area contributed by atoms with E-state index in [1.807, 2.05) is 12.1 Å². The van der Waals surface area contributed by atoms with Gasteiger partial charge in [-0.2, -0.15) is 0 Å². The number of rotatable bonds is 0. The molecule has 14 heavy (non-hydrogen) atoms. The van der Waals surface area contributed by atoms with E-state index in [9.17, 15) is 0 Å². The number of guanidine groups is 1. The summed E-state index contributed by atoms with van der Waals surface area (Å²) in [7, 11) is 0. The average Bonchev–Trinajstić information content (AvgIpc) is 2.66. The molecule has 1 N–H and O–H groups in total. The maximum atomic E-state index is 4.38. The van der Waals surface area contributed by atoms with Gasteiger partial charge in [0.15, 0.2) is 0 Å². The summed E-state index contributed by atoms with van der Waals surface area (Å²) < 4.78 is 0. The Balaban J connectivity index is 2.15. The number of anilines is 1. The number of benzene rings is 1. The van der Waals surface area contributed by atoms with Crippen LogP contribution < -0.4 is 5.32 Å². The van der Waals surface area contributed by atoms with Crippen LogP contribution in [-0.2, 0) is 0 Å². The van der Waals surface area contributed by atoms with Crippen LogP contribution >= 0.6 is 0 Å². The van der Waals surface area contributed by atoms with Crippen LogP contribution in [0.1, 0.15) is 5.56 Å². The first-order chi connectivity index (χ1) is 6.86. The van der Waals surface area contributed by atoms with Crippen LogP contribution in [0, 0.1) is 0 Å². The molecular weight excluding hydrogens is 174 g/mol. The largest absolute Gasteiger partial charge is 0.325 e. The third-order valence-corrected chi connectivity index (χ3v) is 2.65. The lowest BCUT2D eigenvalue weighted by Crippen LogP contribution is -2.35. The van der Waals surface area contributed by atoms with E-state index in [2.05, 4.69) is 33.9 Å². The van der Waals surface area contributed by atoms with Crippen molar-refractivity contribution in [3.63, 3.8) is 0 Å². The topological polar surface area (TPSA) is 27.6 Å². The van der Waals surface area contributed by atoms with Crippen LogP contribution in [0.15, 0.2) is 35.8 Å². The van der Waals surface area contributed by atoms with E-state index in [1.165, 1.54) is 5.56 Å². The van der Waals surface area contributed by atoms with Crippen LogP contribution in [-0.4, -0.2) is 23.9 Å². The molecule has 1 aromatic rings. The highest BCUT2D eigenvalue weighted by Crippen LogP contribution is 2.31. The molecule has 70 valence electrons. The minimum absolute atomic E-state index is 0.856. The first-order valence-corrected chi connectivity index (χ1v) is 4.73. The summed E-state index contributed by atoms with van der Waals surface area (Å²) in [6.07, 6.45) is 0. The fourth-order valence-electron chi connectivity index (χ4n) is 1.93. The van der Waals surface area contributed by atoms with Gasteiger partial charge in [0, 0.05) is 17.8 Å². The molecule has 3 nitrogen and oxygen atoms in total. The minimum Gasteiger partial charge on any atom is -0.325 e. The van der Waals surface area contributed by atoms with Crippen molar-refractivity contribution in [3.8, 4) is 0 Å². The lowest BCUT2D eigenvalue weighted by Gasteiger charge is -2.30. The number of aliphatic imine (C=N–C) groups is 1. The summed E-state index contributed by atoms with van der Waals surface area (Å²) in [6.45, 7) is 5.90. The van der Waals surface area contributed by atoms with Crippen LogP contribution in [0.2, 0.25) is 0 Å². The van der Waals surface area contributed by atoms with Crippen LogP contribution in [0.3, 0.4) is 0 Å². The van der Waals surface area contributed by atoms with Crippen molar-refractivity contribution in [1.29, 1.82) is 0 Å². The molecule has 0 aromatic heterocycles. The number of nitrogens with zero attached hydrogens (tertiary/aromatic N) is 2. The summed E-state index contributed by atoms with van der Waals surface area (Å²) in [5, 5.41) is 3.30. The predicted molar refractivity (Wildman–Crippen MR) is 58.1 cm³/mol. The van der Waals surface area contributed by atoms with E-state index in [4.69, 9.17) is 0 Å². The Labute approximate surface area is 82.8 Å². The summed E-state index contributed by atoms with van der Waals surface area (Å²) in [4.78, 5) is 6.50. The maximum absolute atomic E-state index is 4.38. The fraction of sp³-hybridized carbons (Fsp3) is 0.182. The van der Waals surface area contributed by atoms with E-state index in [-0.39, 0.29) is 0 Å². The third kappa shape index (κ3) is 0.894. The molecule has 1 aromatic carbocycles. The van der Waals surface area contributed by atoms with E-state index in [0.717, 1.165) is 30.4 Å². The second-order valence-corrected chi connectivity index (χ2v) is 3.47. The number of hydrogen-bond donors (Lipinski definition) is 1. The number of nitrogens with one attached hydrogen (secondary N) is 1. The van der Waals surface area contributed by atoms with Gasteiger partial charge in [-0.1, -0.05) is 24.8 Å². The number of fused-ring (bicyclic) bond motifs is 2. The normalized spacial score (nSPS) is 18.4.